The maximum absolute atomic E-state index is 11.9. The summed E-state index contributed by atoms with van der Waals surface area (Å²) in [7, 11) is 0. The number of nitro groups is 1. The average molecular weight is 357 g/mol. The van der Waals surface area contributed by atoms with Crippen molar-refractivity contribution < 1.29 is 9.72 Å². The van der Waals surface area contributed by atoms with Crippen molar-refractivity contribution >= 4 is 44.8 Å². The van der Waals surface area contributed by atoms with Gasteiger partial charge < -0.3 is 5.32 Å². The Morgan fingerprint density at radius 1 is 1.35 bits per heavy atom. The molecule has 1 amide bonds. The number of hydrogen-bond donors (Lipinski definition) is 1. The number of pyridine rings is 1. The number of nitrogens with zero attached hydrogens (tertiary/aromatic N) is 2. The molecule has 8 heteroatoms. The van der Waals surface area contributed by atoms with Crippen LogP contribution >= 0.6 is 27.5 Å². The molecule has 1 aromatic heterocycles. The molecule has 102 valence electrons. The largest absolute Gasteiger partial charge is 0.321 e. The molecular weight excluding hydrogens is 350 g/mol. The molecule has 0 fully saturated rings. The molecule has 0 aliphatic carbocycles. The van der Waals surface area contributed by atoms with E-state index < -0.39 is 4.92 Å². The molecule has 2 aromatic rings. The highest BCUT2D eigenvalue weighted by atomic mass is 79.9. The maximum atomic E-state index is 11.9. The molecule has 0 saturated heterocycles. The molecule has 1 aromatic carbocycles. The van der Waals surface area contributed by atoms with Gasteiger partial charge in [-0.25, -0.2) is 4.98 Å². The molecule has 0 spiro atoms. The Bertz CT molecular complexity index is 676. The Morgan fingerprint density at radius 2 is 2.10 bits per heavy atom. The lowest BCUT2D eigenvalue weighted by Gasteiger charge is -2.07. The Morgan fingerprint density at radius 3 is 2.65 bits per heavy atom. The van der Waals surface area contributed by atoms with E-state index in [0.29, 0.717) is 15.7 Å². The van der Waals surface area contributed by atoms with Gasteiger partial charge in [-0.15, -0.1) is 0 Å². The van der Waals surface area contributed by atoms with Crippen LogP contribution in [-0.4, -0.2) is 15.8 Å². The van der Waals surface area contributed by atoms with E-state index in [2.05, 4.69) is 26.2 Å². The number of nitro benzene ring substituents is 1. The van der Waals surface area contributed by atoms with E-state index in [1.165, 1.54) is 36.5 Å². The summed E-state index contributed by atoms with van der Waals surface area (Å²) in [5.74, 6) is -0.385. The molecule has 0 radical (unpaired) electrons. The quantitative estimate of drug-likeness (QED) is 0.516. The number of non-ortho nitro benzene ring substituents is 1. The third-order valence-corrected chi connectivity index (χ3v) is 3.28. The van der Waals surface area contributed by atoms with Gasteiger partial charge in [-0.3, -0.25) is 14.9 Å². The molecule has 20 heavy (non-hydrogen) atoms. The number of halogens is 2. The zero-order valence-electron chi connectivity index (χ0n) is 9.84. The Kier molecular flexibility index (Phi) is 4.31. The summed E-state index contributed by atoms with van der Waals surface area (Å²) in [5.41, 5.74) is 0.693. The van der Waals surface area contributed by atoms with Gasteiger partial charge in [0.2, 0.25) is 0 Å². The number of nitrogens with one attached hydrogen (secondary N) is 1. The maximum Gasteiger partial charge on any atom is 0.270 e. The number of carbonyl (C=O) groups is 1. The van der Waals surface area contributed by atoms with Gasteiger partial charge in [-0.05, 0) is 34.1 Å². The van der Waals surface area contributed by atoms with Crippen molar-refractivity contribution in [1.29, 1.82) is 0 Å². The van der Waals surface area contributed by atoms with Crippen LogP contribution in [0.1, 0.15) is 10.4 Å². The standard InChI is InChI=1S/C12H7BrClN3O3/c13-9-5-8(17(19)20)2-3-10(9)16-12(18)7-1-4-11(14)15-6-7/h1-6H,(H,16,18). The summed E-state index contributed by atoms with van der Waals surface area (Å²) in [6.45, 7) is 0. The molecular formula is C12H7BrClN3O3. The van der Waals surface area contributed by atoms with E-state index in [4.69, 9.17) is 11.6 Å². The van der Waals surface area contributed by atoms with E-state index >= 15 is 0 Å². The van der Waals surface area contributed by atoms with Gasteiger partial charge in [0.25, 0.3) is 11.6 Å². The molecule has 1 N–H and O–H groups in total. The van der Waals surface area contributed by atoms with E-state index in [0.717, 1.165) is 0 Å². The van der Waals surface area contributed by atoms with Crippen LogP contribution < -0.4 is 5.32 Å². The zero-order valence-corrected chi connectivity index (χ0v) is 12.2. The van der Waals surface area contributed by atoms with Crippen molar-refractivity contribution in [3.63, 3.8) is 0 Å². The van der Waals surface area contributed by atoms with Gasteiger partial charge >= 0.3 is 0 Å². The number of anilines is 1. The lowest BCUT2D eigenvalue weighted by molar-refractivity contribution is -0.384. The summed E-state index contributed by atoms with van der Waals surface area (Å²) in [6.07, 6.45) is 1.34. The summed E-state index contributed by atoms with van der Waals surface area (Å²) in [4.78, 5) is 25.9. The summed E-state index contributed by atoms with van der Waals surface area (Å²) in [6, 6.07) is 7.10. The molecule has 0 bridgehead atoms. The topological polar surface area (TPSA) is 85.1 Å². The molecule has 6 nitrogen and oxygen atoms in total. The van der Waals surface area contributed by atoms with Crippen molar-refractivity contribution in [2.24, 2.45) is 0 Å². The SMILES string of the molecule is O=C(Nc1ccc([N+](=O)[O-])cc1Br)c1ccc(Cl)nc1. The first kappa shape index (κ1) is 14.4. The third kappa shape index (κ3) is 3.31. The highest BCUT2D eigenvalue weighted by Crippen LogP contribution is 2.27. The van der Waals surface area contributed by atoms with Crippen molar-refractivity contribution in [3.8, 4) is 0 Å². The second-order valence-electron chi connectivity index (χ2n) is 3.74. The van der Waals surface area contributed by atoms with Crippen LogP contribution in [0.3, 0.4) is 0 Å². The highest BCUT2D eigenvalue weighted by Gasteiger charge is 2.12. The van der Waals surface area contributed by atoms with Crippen molar-refractivity contribution in [2.45, 2.75) is 0 Å². The van der Waals surface area contributed by atoms with Gasteiger partial charge in [0.15, 0.2) is 0 Å². The Labute approximate surface area is 127 Å². The minimum absolute atomic E-state index is 0.0666. The van der Waals surface area contributed by atoms with Crippen LogP contribution in [0.25, 0.3) is 0 Å². The van der Waals surface area contributed by atoms with Gasteiger partial charge in [0.05, 0.1) is 16.2 Å². The summed E-state index contributed by atoms with van der Waals surface area (Å²) in [5, 5.41) is 13.5. The average Bonchev–Trinajstić information content (AvgIpc) is 2.41. The summed E-state index contributed by atoms with van der Waals surface area (Å²) < 4.78 is 0.418. The fourth-order valence-corrected chi connectivity index (χ4v) is 2.00. The monoisotopic (exact) mass is 355 g/mol. The van der Waals surface area contributed by atoms with Gasteiger partial charge in [-0.2, -0.15) is 0 Å². The first-order valence-corrected chi connectivity index (χ1v) is 6.51. The molecule has 0 unspecified atom stereocenters. The second-order valence-corrected chi connectivity index (χ2v) is 4.99. The fraction of sp³-hybridized carbons (Fsp3) is 0. The van der Waals surface area contributed by atoms with Crippen LogP contribution in [0.15, 0.2) is 41.0 Å². The third-order valence-electron chi connectivity index (χ3n) is 2.40. The lowest BCUT2D eigenvalue weighted by Crippen LogP contribution is -2.12. The minimum Gasteiger partial charge on any atom is -0.321 e. The smallest absolute Gasteiger partial charge is 0.270 e. The lowest BCUT2D eigenvalue weighted by atomic mass is 10.2. The van der Waals surface area contributed by atoms with E-state index in [-0.39, 0.29) is 16.7 Å². The number of aromatic nitrogens is 1. The highest BCUT2D eigenvalue weighted by molar-refractivity contribution is 9.10. The molecule has 0 saturated carbocycles. The fourth-order valence-electron chi connectivity index (χ4n) is 1.42. The normalized spacial score (nSPS) is 10.1. The molecule has 0 aliphatic rings. The second kappa shape index (κ2) is 5.98. The van der Waals surface area contributed by atoms with Gasteiger partial charge in [-0.1, -0.05) is 11.6 Å². The van der Waals surface area contributed by atoms with Gasteiger partial charge in [0.1, 0.15) is 5.15 Å². The predicted molar refractivity (Wildman–Crippen MR) is 78.0 cm³/mol. The number of rotatable bonds is 3. The summed E-state index contributed by atoms with van der Waals surface area (Å²) >= 11 is 8.81. The van der Waals surface area contributed by atoms with E-state index in [1.807, 2.05) is 0 Å². The Balaban J connectivity index is 2.19. The number of carbonyl (C=O) groups excluding carboxylic acids is 1. The molecule has 2 rings (SSSR count). The van der Waals surface area contributed by atoms with Crippen LogP contribution in [0, 0.1) is 10.1 Å². The molecule has 1 heterocycles. The first-order valence-electron chi connectivity index (χ1n) is 5.34. The predicted octanol–water partition coefficient (Wildman–Crippen LogP) is 3.66. The number of benzene rings is 1. The van der Waals surface area contributed by atoms with E-state index in [9.17, 15) is 14.9 Å². The van der Waals surface area contributed by atoms with E-state index in [1.54, 1.807) is 0 Å². The zero-order chi connectivity index (χ0) is 14.7. The number of hydrogen-bond acceptors (Lipinski definition) is 4. The minimum atomic E-state index is -0.514. The van der Waals surface area contributed by atoms with Gasteiger partial charge in [0, 0.05) is 22.8 Å². The van der Waals surface area contributed by atoms with Crippen LogP contribution in [0.2, 0.25) is 5.15 Å². The van der Waals surface area contributed by atoms with Crippen LogP contribution in [0.5, 0.6) is 0 Å². The first-order chi connectivity index (χ1) is 9.47. The van der Waals surface area contributed by atoms with Crippen molar-refractivity contribution in [2.75, 3.05) is 5.32 Å². The van der Waals surface area contributed by atoms with Crippen molar-refractivity contribution in [1.82, 2.24) is 4.98 Å². The number of amides is 1. The molecule has 0 atom stereocenters. The molecule has 0 aliphatic heterocycles. The van der Waals surface area contributed by atoms with Crippen LogP contribution in [0.4, 0.5) is 11.4 Å². The van der Waals surface area contributed by atoms with Crippen molar-refractivity contribution in [3.05, 3.63) is 61.8 Å². The van der Waals surface area contributed by atoms with Crippen LogP contribution in [-0.2, 0) is 0 Å². The Hall–Kier alpha value is -1.99.